The molecule has 0 bridgehead atoms. The molecule has 0 aliphatic heterocycles. The maximum atomic E-state index is 11.0. The first-order valence-electron chi connectivity index (χ1n) is 4.29. The van der Waals surface area contributed by atoms with Crippen molar-refractivity contribution in [1.82, 2.24) is 5.32 Å². The molecule has 0 atom stereocenters. The van der Waals surface area contributed by atoms with Gasteiger partial charge in [-0.2, -0.15) is 0 Å². The number of carbonyl (C=O) groups is 1. The lowest BCUT2D eigenvalue weighted by molar-refractivity contribution is -0.119. The maximum Gasteiger partial charge on any atom is 0.488 e. The number of hydrogen-bond acceptors (Lipinski definition) is 3. The van der Waals surface area contributed by atoms with Crippen LogP contribution in [-0.2, 0) is 11.2 Å². The molecule has 1 aromatic carbocycles. The minimum Gasteiger partial charge on any atom is -0.423 e. The van der Waals surface area contributed by atoms with Crippen molar-refractivity contribution in [2.24, 2.45) is 0 Å². The largest absolute Gasteiger partial charge is 0.488 e. The van der Waals surface area contributed by atoms with E-state index < -0.39 is 7.12 Å². The Kier molecular flexibility index (Phi) is 3.68. The van der Waals surface area contributed by atoms with E-state index in [1.165, 1.54) is 0 Å². The van der Waals surface area contributed by atoms with Crippen molar-refractivity contribution in [3.05, 3.63) is 29.8 Å². The van der Waals surface area contributed by atoms with Crippen molar-refractivity contribution in [1.29, 1.82) is 0 Å². The summed E-state index contributed by atoms with van der Waals surface area (Å²) in [5, 5.41) is 20.3. The Hall–Kier alpha value is -1.33. The monoisotopic (exact) mass is 193 g/mol. The molecule has 4 nitrogen and oxygen atoms in total. The number of likely N-dealkylation sites (N-methyl/N-ethyl adjacent to an activating group) is 1. The summed E-state index contributed by atoms with van der Waals surface area (Å²) < 4.78 is 0. The Morgan fingerprint density at radius 1 is 1.50 bits per heavy atom. The molecule has 0 saturated heterocycles. The van der Waals surface area contributed by atoms with Crippen LogP contribution in [0.15, 0.2) is 24.3 Å². The van der Waals surface area contributed by atoms with Gasteiger partial charge in [-0.05, 0) is 11.0 Å². The van der Waals surface area contributed by atoms with Gasteiger partial charge in [0.2, 0.25) is 5.91 Å². The second kappa shape index (κ2) is 4.78. The van der Waals surface area contributed by atoms with Crippen molar-refractivity contribution in [3.8, 4) is 0 Å². The number of rotatable bonds is 3. The summed E-state index contributed by atoms with van der Waals surface area (Å²) in [6.45, 7) is 0. The average Bonchev–Trinajstić information content (AvgIpc) is 2.18. The van der Waals surface area contributed by atoms with Crippen molar-refractivity contribution < 1.29 is 14.8 Å². The molecule has 0 aromatic heterocycles. The lowest BCUT2D eigenvalue weighted by Gasteiger charge is -2.03. The fraction of sp³-hybridized carbons (Fsp3) is 0.222. The Bertz CT molecular complexity index is 328. The SMILES string of the molecule is CNC(=O)Cc1cccc(B(O)O)c1. The lowest BCUT2D eigenvalue weighted by Crippen LogP contribution is -2.30. The van der Waals surface area contributed by atoms with Gasteiger partial charge in [0.25, 0.3) is 0 Å². The van der Waals surface area contributed by atoms with Gasteiger partial charge in [0.1, 0.15) is 0 Å². The van der Waals surface area contributed by atoms with Crippen molar-refractivity contribution in [3.63, 3.8) is 0 Å². The molecule has 0 aliphatic rings. The fourth-order valence-electron chi connectivity index (χ4n) is 1.14. The van der Waals surface area contributed by atoms with Gasteiger partial charge in [0.05, 0.1) is 6.42 Å². The minimum absolute atomic E-state index is 0.102. The van der Waals surface area contributed by atoms with Crippen LogP contribution in [0.4, 0.5) is 0 Å². The third-order valence-electron chi connectivity index (χ3n) is 1.89. The molecule has 3 N–H and O–H groups in total. The zero-order valence-electron chi connectivity index (χ0n) is 7.90. The molecule has 1 rings (SSSR count). The fourth-order valence-corrected chi connectivity index (χ4v) is 1.14. The van der Waals surface area contributed by atoms with E-state index in [1.807, 2.05) is 0 Å². The third kappa shape index (κ3) is 2.87. The van der Waals surface area contributed by atoms with E-state index >= 15 is 0 Å². The standard InChI is InChI=1S/C9H12BNO3/c1-11-9(12)6-7-3-2-4-8(5-7)10(13)14/h2-5,13-14H,6H2,1H3,(H,11,12). The highest BCUT2D eigenvalue weighted by atomic mass is 16.4. The molecular weight excluding hydrogens is 181 g/mol. The second-order valence-electron chi connectivity index (χ2n) is 2.97. The zero-order chi connectivity index (χ0) is 10.6. The van der Waals surface area contributed by atoms with E-state index in [0.29, 0.717) is 5.46 Å². The predicted molar refractivity (Wildman–Crippen MR) is 54.0 cm³/mol. The second-order valence-corrected chi connectivity index (χ2v) is 2.97. The van der Waals surface area contributed by atoms with Gasteiger partial charge in [0.15, 0.2) is 0 Å². The van der Waals surface area contributed by atoms with E-state index in [1.54, 1.807) is 31.3 Å². The van der Waals surface area contributed by atoms with Crippen LogP contribution < -0.4 is 10.8 Å². The summed E-state index contributed by atoms with van der Waals surface area (Å²) in [6, 6.07) is 6.64. The van der Waals surface area contributed by atoms with Crippen LogP contribution in [0.2, 0.25) is 0 Å². The average molecular weight is 193 g/mol. The first-order valence-corrected chi connectivity index (χ1v) is 4.29. The Morgan fingerprint density at radius 3 is 2.79 bits per heavy atom. The predicted octanol–water partition coefficient (Wildman–Crippen LogP) is -1.35. The highest BCUT2D eigenvalue weighted by Gasteiger charge is 2.11. The first kappa shape index (κ1) is 10.8. The summed E-state index contributed by atoms with van der Waals surface area (Å²) in [4.78, 5) is 11.0. The number of hydrogen-bond donors (Lipinski definition) is 3. The van der Waals surface area contributed by atoms with Gasteiger partial charge >= 0.3 is 7.12 Å². The number of amides is 1. The van der Waals surface area contributed by atoms with Crippen LogP contribution in [0.5, 0.6) is 0 Å². The molecule has 0 saturated carbocycles. The molecule has 1 amide bonds. The summed E-state index contributed by atoms with van der Waals surface area (Å²) >= 11 is 0. The Labute approximate surface area is 82.7 Å². The minimum atomic E-state index is -1.49. The van der Waals surface area contributed by atoms with Crippen LogP contribution >= 0.6 is 0 Å². The quantitative estimate of drug-likeness (QED) is 0.520. The van der Waals surface area contributed by atoms with Gasteiger partial charge in [-0.3, -0.25) is 4.79 Å². The molecule has 74 valence electrons. The maximum absolute atomic E-state index is 11.0. The molecule has 1 aromatic rings. The molecule has 14 heavy (non-hydrogen) atoms. The van der Waals surface area contributed by atoms with Crippen molar-refractivity contribution >= 4 is 18.5 Å². The molecule has 0 radical (unpaired) electrons. The van der Waals surface area contributed by atoms with Gasteiger partial charge in [-0.1, -0.05) is 24.3 Å². The van der Waals surface area contributed by atoms with Crippen LogP contribution in [0.25, 0.3) is 0 Å². The molecule has 0 heterocycles. The van der Waals surface area contributed by atoms with Crippen LogP contribution in [0.3, 0.4) is 0 Å². The topological polar surface area (TPSA) is 69.6 Å². The normalized spacial score (nSPS) is 9.64. The van der Waals surface area contributed by atoms with Gasteiger partial charge < -0.3 is 15.4 Å². The molecule has 5 heteroatoms. The number of carbonyl (C=O) groups excluding carboxylic acids is 1. The highest BCUT2D eigenvalue weighted by molar-refractivity contribution is 6.58. The summed E-state index contributed by atoms with van der Waals surface area (Å²) in [6.07, 6.45) is 0.247. The lowest BCUT2D eigenvalue weighted by atomic mass is 9.79. The van der Waals surface area contributed by atoms with E-state index in [0.717, 1.165) is 5.56 Å². The van der Waals surface area contributed by atoms with Crippen molar-refractivity contribution in [2.45, 2.75) is 6.42 Å². The van der Waals surface area contributed by atoms with E-state index in [-0.39, 0.29) is 12.3 Å². The first-order chi connectivity index (χ1) is 6.63. The van der Waals surface area contributed by atoms with E-state index in [4.69, 9.17) is 10.0 Å². The summed E-state index contributed by atoms with van der Waals surface area (Å²) in [7, 11) is 0.0761. The molecular formula is C9H12BNO3. The van der Waals surface area contributed by atoms with Gasteiger partial charge in [0, 0.05) is 7.05 Å². The molecule has 0 unspecified atom stereocenters. The van der Waals surface area contributed by atoms with E-state index in [9.17, 15) is 4.79 Å². The number of benzene rings is 1. The summed E-state index contributed by atoms with van der Waals surface area (Å²) in [5.74, 6) is -0.102. The van der Waals surface area contributed by atoms with Crippen molar-refractivity contribution in [2.75, 3.05) is 7.05 Å². The highest BCUT2D eigenvalue weighted by Crippen LogP contribution is 1.98. The van der Waals surface area contributed by atoms with Crippen LogP contribution in [-0.4, -0.2) is 30.1 Å². The van der Waals surface area contributed by atoms with Gasteiger partial charge in [-0.15, -0.1) is 0 Å². The molecule has 0 fully saturated rings. The smallest absolute Gasteiger partial charge is 0.423 e. The Balaban J connectivity index is 2.78. The van der Waals surface area contributed by atoms with E-state index in [2.05, 4.69) is 5.32 Å². The molecule has 0 spiro atoms. The Morgan fingerprint density at radius 2 is 2.21 bits per heavy atom. The third-order valence-corrected chi connectivity index (χ3v) is 1.89. The van der Waals surface area contributed by atoms with Gasteiger partial charge in [-0.25, -0.2) is 0 Å². The number of nitrogens with one attached hydrogen (secondary N) is 1. The summed E-state index contributed by atoms with van der Waals surface area (Å²) in [5.41, 5.74) is 1.15. The zero-order valence-corrected chi connectivity index (χ0v) is 7.90. The van der Waals surface area contributed by atoms with Crippen LogP contribution in [0, 0.1) is 0 Å². The van der Waals surface area contributed by atoms with Crippen LogP contribution in [0.1, 0.15) is 5.56 Å². The molecule has 0 aliphatic carbocycles.